The van der Waals surface area contributed by atoms with Crippen LogP contribution in [0.1, 0.15) is 50.5 Å². The van der Waals surface area contributed by atoms with Gasteiger partial charge in [-0.2, -0.15) is 0 Å². The van der Waals surface area contributed by atoms with E-state index in [4.69, 9.17) is 0 Å². The summed E-state index contributed by atoms with van der Waals surface area (Å²) in [6, 6.07) is 12.4. The van der Waals surface area contributed by atoms with Crippen LogP contribution in [0.2, 0.25) is 0 Å². The summed E-state index contributed by atoms with van der Waals surface area (Å²) >= 11 is 0. The first-order valence-corrected chi connectivity index (χ1v) is 8.67. The average molecular weight is 367 g/mol. The second-order valence-electron chi connectivity index (χ2n) is 7.44. The lowest BCUT2D eigenvalue weighted by molar-refractivity contribution is -0.115. The van der Waals surface area contributed by atoms with Crippen LogP contribution in [0.5, 0.6) is 0 Å². The molecule has 0 aliphatic heterocycles. The third-order valence-electron chi connectivity index (χ3n) is 3.84. The molecule has 0 aliphatic rings. The minimum Gasteiger partial charge on any atom is -0.326 e. The molecule has 0 spiro atoms. The standard InChI is InChI=1S/C21H25N3O3/c1-13(25)22-18-10-15(11-19(12-18)23-14(2)26)20(27)24-17-8-6-16(7-9-17)21(3,4)5/h6-12H,1-5H3,(H,22,25)(H,23,26)(H,24,27). The van der Waals surface area contributed by atoms with Gasteiger partial charge in [-0.1, -0.05) is 32.9 Å². The van der Waals surface area contributed by atoms with Crippen LogP contribution in [-0.2, 0) is 15.0 Å². The van der Waals surface area contributed by atoms with E-state index in [1.165, 1.54) is 19.4 Å². The number of amides is 3. The van der Waals surface area contributed by atoms with Gasteiger partial charge < -0.3 is 16.0 Å². The number of nitrogens with one attached hydrogen (secondary N) is 3. The summed E-state index contributed by atoms with van der Waals surface area (Å²) in [6.45, 7) is 9.12. The highest BCUT2D eigenvalue weighted by Crippen LogP contribution is 2.24. The molecular formula is C21H25N3O3. The summed E-state index contributed by atoms with van der Waals surface area (Å²) < 4.78 is 0. The van der Waals surface area contributed by atoms with Crippen molar-refractivity contribution in [3.63, 3.8) is 0 Å². The Hall–Kier alpha value is -3.15. The van der Waals surface area contributed by atoms with E-state index in [-0.39, 0.29) is 23.1 Å². The maximum Gasteiger partial charge on any atom is 0.255 e. The maximum absolute atomic E-state index is 12.6. The normalized spacial score (nSPS) is 10.9. The van der Waals surface area contributed by atoms with Gasteiger partial charge in [-0.05, 0) is 41.3 Å². The molecule has 0 radical (unpaired) electrons. The van der Waals surface area contributed by atoms with Gasteiger partial charge in [-0.3, -0.25) is 14.4 Å². The Morgan fingerprint density at radius 3 is 1.59 bits per heavy atom. The molecule has 2 aromatic rings. The molecular weight excluding hydrogens is 342 g/mol. The Morgan fingerprint density at radius 2 is 1.19 bits per heavy atom. The lowest BCUT2D eigenvalue weighted by atomic mass is 9.87. The molecule has 0 heterocycles. The molecule has 0 saturated carbocycles. The van der Waals surface area contributed by atoms with E-state index in [9.17, 15) is 14.4 Å². The Bertz CT molecular complexity index is 831. The molecule has 3 N–H and O–H groups in total. The fourth-order valence-electron chi connectivity index (χ4n) is 2.57. The predicted molar refractivity (Wildman–Crippen MR) is 108 cm³/mol. The largest absolute Gasteiger partial charge is 0.326 e. The lowest BCUT2D eigenvalue weighted by Crippen LogP contribution is -2.15. The first-order valence-electron chi connectivity index (χ1n) is 8.67. The minimum atomic E-state index is -0.336. The van der Waals surface area contributed by atoms with Gasteiger partial charge in [0.25, 0.3) is 5.91 Å². The number of carbonyl (C=O) groups is 3. The zero-order chi connectivity index (χ0) is 20.2. The van der Waals surface area contributed by atoms with Crippen molar-refractivity contribution >= 4 is 34.8 Å². The lowest BCUT2D eigenvalue weighted by Gasteiger charge is -2.19. The number of rotatable bonds is 4. The highest BCUT2D eigenvalue weighted by Gasteiger charge is 2.14. The van der Waals surface area contributed by atoms with Crippen LogP contribution in [0.3, 0.4) is 0 Å². The molecule has 0 bridgehead atoms. The maximum atomic E-state index is 12.6. The van der Waals surface area contributed by atoms with E-state index in [0.29, 0.717) is 22.6 Å². The van der Waals surface area contributed by atoms with Crippen LogP contribution < -0.4 is 16.0 Å². The van der Waals surface area contributed by atoms with Gasteiger partial charge in [0.05, 0.1) is 0 Å². The molecule has 0 atom stereocenters. The van der Waals surface area contributed by atoms with Gasteiger partial charge >= 0.3 is 0 Å². The van der Waals surface area contributed by atoms with Gasteiger partial charge in [-0.15, -0.1) is 0 Å². The topological polar surface area (TPSA) is 87.3 Å². The molecule has 142 valence electrons. The first kappa shape index (κ1) is 20.2. The highest BCUT2D eigenvalue weighted by atomic mass is 16.2. The van der Waals surface area contributed by atoms with Gasteiger partial charge in [0, 0.05) is 36.5 Å². The molecule has 2 rings (SSSR count). The summed E-state index contributed by atoms with van der Waals surface area (Å²) in [5, 5.41) is 8.10. The molecule has 6 nitrogen and oxygen atoms in total. The predicted octanol–water partition coefficient (Wildman–Crippen LogP) is 4.15. The van der Waals surface area contributed by atoms with E-state index in [1.54, 1.807) is 18.2 Å². The third-order valence-corrected chi connectivity index (χ3v) is 3.84. The van der Waals surface area contributed by atoms with Crippen molar-refractivity contribution in [1.82, 2.24) is 0 Å². The molecule has 0 aromatic heterocycles. The molecule has 0 unspecified atom stereocenters. The molecule has 2 aromatic carbocycles. The summed E-state index contributed by atoms with van der Waals surface area (Å²) in [6.07, 6.45) is 0. The minimum absolute atomic E-state index is 0.0302. The van der Waals surface area contributed by atoms with E-state index in [2.05, 4.69) is 36.7 Å². The van der Waals surface area contributed by atoms with Crippen molar-refractivity contribution in [1.29, 1.82) is 0 Å². The van der Waals surface area contributed by atoms with Crippen molar-refractivity contribution in [2.24, 2.45) is 0 Å². The number of hydrogen-bond donors (Lipinski definition) is 3. The van der Waals surface area contributed by atoms with Gasteiger partial charge in [0.1, 0.15) is 0 Å². The molecule has 3 amide bonds. The Kier molecular flexibility index (Phi) is 6.00. The van der Waals surface area contributed by atoms with Crippen LogP contribution in [-0.4, -0.2) is 17.7 Å². The van der Waals surface area contributed by atoms with E-state index >= 15 is 0 Å². The summed E-state index contributed by atoms with van der Waals surface area (Å²) in [4.78, 5) is 35.3. The number of hydrogen-bond acceptors (Lipinski definition) is 3. The molecule has 6 heteroatoms. The number of anilines is 3. The second-order valence-corrected chi connectivity index (χ2v) is 7.44. The van der Waals surface area contributed by atoms with Gasteiger partial charge in [0.15, 0.2) is 0 Å². The number of carbonyl (C=O) groups excluding carboxylic acids is 3. The molecule has 0 saturated heterocycles. The van der Waals surface area contributed by atoms with Crippen LogP contribution in [0.25, 0.3) is 0 Å². The zero-order valence-corrected chi connectivity index (χ0v) is 16.3. The van der Waals surface area contributed by atoms with Crippen molar-refractivity contribution in [2.75, 3.05) is 16.0 Å². The van der Waals surface area contributed by atoms with Crippen LogP contribution in [0, 0.1) is 0 Å². The average Bonchev–Trinajstić information content (AvgIpc) is 2.53. The summed E-state index contributed by atoms with van der Waals surface area (Å²) in [7, 11) is 0. The van der Waals surface area contributed by atoms with E-state index in [1.807, 2.05) is 24.3 Å². The second kappa shape index (κ2) is 8.03. The van der Waals surface area contributed by atoms with Gasteiger partial charge in [-0.25, -0.2) is 0 Å². The molecule has 27 heavy (non-hydrogen) atoms. The fourth-order valence-corrected chi connectivity index (χ4v) is 2.57. The van der Waals surface area contributed by atoms with Crippen molar-refractivity contribution < 1.29 is 14.4 Å². The smallest absolute Gasteiger partial charge is 0.255 e. The van der Waals surface area contributed by atoms with Crippen molar-refractivity contribution in [3.8, 4) is 0 Å². The van der Waals surface area contributed by atoms with Crippen molar-refractivity contribution in [2.45, 2.75) is 40.0 Å². The van der Waals surface area contributed by atoms with Crippen LogP contribution >= 0.6 is 0 Å². The third kappa shape index (κ3) is 5.95. The SMILES string of the molecule is CC(=O)Nc1cc(NC(C)=O)cc(C(=O)Nc2ccc(C(C)(C)C)cc2)c1. The molecule has 0 aliphatic carbocycles. The Balaban J connectivity index is 2.25. The number of benzene rings is 2. The first-order chi connectivity index (χ1) is 12.5. The van der Waals surface area contributed by atoms with Crippen LogP contribution in [0.4, 0.5) is 17.1 Å². The fraction of sp³-hybridized carbons (Fsp3) is 0.286. The van der Waals surface area contributed by atoms with Crippen molar-refractivity contribution in [3.05, 3.63) is 53.6 Å². The summed E-state index contributed by atoms with van der Waals surface area (Å²) in [5.74, 6) is -0.865. The van der Waals surface area contributed by atoms with Crippen LogP contribution in [0.15, 0.2) is 42.5 Å². The Morgan fingerprint density at radius 1 is 0.704 bits per heavy atom. The quantitative estimate of drug-likeness (QED) is 0.758. The van der Waals surface area contributed by atoms with E-state index in [0.717, 1.165) is 0 Å². The zero-order valence-electron chi connectivity index (χ0n) is 16.3. The molecule has 0 fully saturated rings. The Labute approximate surface area is 159 Å². The highest BCUT2D eigenvalue weighted by molar-refractivity contribution is 6.06. The van der Waals surface area contributed by atoms with E-state index < -0.39 is 0 Å². The monoisotopic (exact) mass is 367 g/mol. The summed E-state index contributed by atoms with van der Waals surface area (Å²) in [5.41, 5.74) is 3.05. The van der Waals surface area contributed by atoms with Gasteiger partial charge in [0.2, 0.25) is 11.8 Å².